The molecule has 2 aromatic rings. The van der Waals surface area contributed by atoms with Crippen LogP contribution in [0.4, 0.5) is 5.82 Å². The van der Waals surface area contributed by atoms with Gasteiger partial charge in [-0.1, -0.05) is 49.7 Å². The molecule has 1 heterocycles. The zero-order valence-corrected chi connectivity index (χ0v) is 13.4. The fraction of sp³-hybridized carbons (Fsp3) is 0.389. The molecular formula is C18H25N3. The van der Waals surface area contributed by atoms with Crippen molar-refractivity contribution >= 4 is 5.82 Å². The van der Waals surface area contributed by atoms with Gasteiger partial charge in [0.1, 0.15) is 5.82 Å². The first-order valence-electron chi connectivity index (χ1n) is 7.50. The number of aromatic nitrogens is 1. The molecule has 1 aromatic heterocycles. The molecule has 0 aliphatic carbocycles. The van der Waals surface area contributed by atoms with Crippen LogP contribution in [0, 0.1) is 6.92 Å². The van der Waals surface area contributed by atoms with E-state index in [0.717, 1.165) is 18.9 Å². The number of nitrogens with one attached hydrogen (secondary N) is 1. The van der Waals surface area contributed by atoms with Crippen molar-refractivity contribution in [3.05, 3.63) is 59.3 Å². The zero-order valence-electron chi connectivity index (χ0n) is 13.4. The van der Waals surface area contributed by atoms with E-state index in [-0.39, 0.29) is 0 Å². The number of hydrogen-bond acceptors (Lipinski definition) is 3. The van der Waals surface area contributed by atoms with Crippen molar-refractivity contribution in [2.24, 2.45) is 0 Å². The van der Waals surface area contributed by atoms with Gasteiger partial charge in [0.2, 0.25) is 0 Å². The Balaban J connectivity index is 2.11. The predicted octanol–water partition coefficient (Wildman–Crippen LogP) is 3.52. The van der Waals surface area contributed by atoms with Gasteiger partial charge in [0, 0.05) is 37.9 Å². The molecule has 0 bridgehead atoms. The molecule has 21 heavy (non-hydrogen) atoms. The molecule has 0 amide bonds. The molecule has 112 valence electrons. The van der Waals surface area contributed by atoms with Crippen molar-refractivity contribution in [3.63, 3.8) is 0 Å². The minimum absolute atomic E-state index is 0.473. The lowest BCUT2D eigenvalue weighted by molar-refractivity contribution is 0.587. The van der Waals surface area contributed by atoms with Gasteiger partial charge in [-0.05, 0) is 18.6 Å². The summed E-state index contributed by atoms with van der Waals surface area (Å²) in [7, 11) is 2.10. The highest BCUT2D eigenvalue weighted by molar-refractivity contribution is 5.46. The molecular weight excluding hydrogens is 258 g/mol. The van der Waals surface area contributed by atoms with Gasteiger partial charge in [0.15, 0.2) is 0 Å². The van der Waals surface area contributed by atoms with E-state index in [0.29, 0.717) is 6.04 Å². The van der Waals surface area contributed by atoms with Crippen molar-refractivity contribution in [3.8, 4) is 0 Å². The number of rotatable bonds is 6. The smallest absolute Gasteiger partial charge is 0.133 e. The minimum Gasteiger partial charge on any atom is -0.355 e. The number of aryl methyl sites for hydroxylation is 1. The van der Waals surface area contributed by atoms with Crippen molar-refractivity contribution in [1.29, 1.82) is 0 Å². The second kappa shape index (κ2) is 7.23. The van der Waals surface area contributed by atoms with Crippen LogP contribution in [0.5, 0.6) is 0 Å². The molecule has 2 rings (SSSR count). The van der Waals surface area contributed by atoms with Gasteiger partial charge in [-0.25, -0.2) is 4.98 Å². The van der Waals surface area contributed by atoms with E-state index >= 15 is 0 Å². The first kappa shape index (κ1) is 15.5. The second-order valence-electron chi connectivity index (χ2n) is 5.86. The average molecular weight is 283 g/mol. The highest BCUT2D eigenvalue weighted by Crippen LogP contribution is 2.18. The Morgan fingerprint density at radius 3 is 2.52 bits per heavy atom. The van der Waals surface area contributed by atoms with Gasteiger partial charge in [-0.15, -0.1) is 0 Å². The Labute approximate surface area is 128 Å². The summed E-state index contributed by atoms with van der Waals surface area (Å²) in [5.41, 5.74) is 3.83. The summed E-state index contributed by atoms with van der Waals surface area (Å²) in [4.78, 5) is 6.77. The second-order valence-corrected chi connectivity index (χ2v) is 5.86. The molecule has 0 aliphatic heterocycles. The number of anilines is 1. The Bertz CT molecular complexity index is 561. The van der Waals surface area contributed by atoms with Crippen LogP contribution in [-0.4, -0.2) is 18.1 Å². The SMILES string of the molecule is Cc1ccc(CN(C)c2ncccc2CNC(C)C)cc1. The molecule has 0 saturated heterocycles. The maximum Gasteiger partial charge on any atom is 0.133 e. The summed E-state index contributed by atoms with van der Waals surface area (Å²) in [5.74, 6) is 1.05. The number of nitrogens with zero attached hydrogens (tertiary/aromatic N) is 2. The number of pyridine rings is 1. The molecule has 3 heteroatoms. The maximum absolute atomic E-state index is 4.56. The molecule has 0 unspecified atom stereocenters. The lowest BCUT2D eigenvalue weighted by atomic mass is 10.1. The quantitative estimate of drug-likeness (QED) is 0.879. The van der Waals surface area contributed by atoms with E-state index in [4.69, 9.17) is 0 Å². The molecule has 0 spiro atoms. The summed E-state index contributed by atoms with van der Waals surface area (Å²) in [6.45, 7) is 8.14. The van der Waals surface area contributed by atoms with E-state index in [2.05, 4.69) is 73.4 Å². The zero-order chi connectivity index (χ0) is 15.2. The van der Waals surface area contributed by atoms with Crippen molar-refractivity contribution in [1.82, 2.24) is 10.3 Å². The van der Waals surface area contributed by atoms with E-state index in [1.54, 1.807) is 0 Å². The van der Waals surface area contributed by atoms with Gasteiger partial charge in [-0.2, -0.15) is 0 Å². The molecule has 0 saturated carbocycles. The van der Waals surface area contributed by atoms with E-state index in [9.17, 15) is 0 Å². The predicted molar refractivity (Wildman–Crippen MR) is 89.5 cm³/mol. The summed E-state index contributed by atoms with van der Waals surface area (Å²) >= 11 is 0. The van der Waals surface area contributed by atoms with Crippen LogP contribution < -0.4 is 10.2 Å². The summed E-state index contributed by atoms with van der Waals surface area (Å²) < 4.78 is 0. The van der Waals surface area contributed by atoms with E-state index in [1.165, 1.54) is 16.7 Å². The molecule has 0 fully saturated rings. The van der Waals surface area contributed by atoms with Crippen LogP contribution in [0.25, 0.3) is 0 Å². The third kappa shape index (κ3) is 4.57. The molecule has 3 nitrogen and oxygen atoms in total. The third-order valence-corrected chi connectivity index (χ3v) is 3.47. The van der Waals surface area contributed by atoms with Crippen molar-refractivity contribution in [2.45, 2.75) is 39.9 Å². The molecule has 1 aromatic carbocycles. The summed E-state index contributed by atoms with van der Waals surface area (Å²) in [6, 6.07) is 13.3. The monoisotopic (exact) mass is 283 g/mol. The highest BCUT2D eigenvalue weighted by Gasteiger charge is 2.09. The Morgan fingerprint density at radius 2 is 1.86 bits per heavy atom. The van der Waals surface area contributed by atoms with Crippen molar-refractivity contribution in [2.75, 3.05) is 11.9 Å². The normalized spacial score (nSPS) is 10.9. The van der Waals surface area contributed by atoms with Gasteiger partial charge < -0.3 is 10.2 Å². The standard InChI is InChI=1S/C18H25N3/c1-14(2)20-12-17-6-5-11-19-18(17)21(4)13-16-9-7-15(3)8-10-16/h5-11,14,20H,12-13H2,1-4H3. The van der Waals surface area contributed by atoms with Crippen LogP contribution in [0.3, 0.4) is 0 Å². The number of benzene rings is 1. The minimum atomic E-state index is 0.473. The van der Waals surface area contributed by atoms with Crippen LogP contribution in [0.15, 0.2) is 42.6 Å². The third-order valence-electron chi connectivity index (χ3n) is 3.47. The maximum atomic E-state index is 4.56. The van der Waals surface area contributed by atoms with Gasteiger partial charge in [-0.3, -0.25) is 0 Å². The van der Waals surface area contributed by atoms with Crippen LogP contribution in [0.1, 0.15) is 30.5 Å². The summed E-state index contributed by atoms with van der Waals surface area (Å²) in [6.07, 6.45) is 1.86. The fourth-order valence-electron chi connectivity index (χ4n) is 2.27. The molecule has 0 aliphatic rings. The first-order valence-corrected chi connectivity index (χ1v) is 7.50. The van der Waals surface area contributed by atoms with Crippen LogP contribution >= 0.6 is 0 Å². The largest absolute Gasteiger partial charge is 0.355 e. The Morgan fingerprint density at radius 1 is 1.14 bits per heavy atom. The van der Waals surface area contributed by atoms with Gasteiger partial charge in [0.05, 0.1) is 0 Å². The van der Waals surface area contributed by atoms with Gasteiger partial charge in [0.25, 0.3) is 0 Å². The summed E-state index contributed by atoms with van der Waals surface area (Å²) in [5, 5.41) is 3.46. The average Bonchev–Trinajstić information content (AvgIpc) is 2.47. The lowest BCUT2D eigenvalue weighted by Crippen LogP contribution is -2.25. The highest BCUT2D eigenvalue weighted by atomic mass is 15.2. The molecule has 0 atom stereocenters. The first-order chi connectivity index (χ1) is 10.1. The lowest BCUT2D eigenvalue weighted by Gasteiger charge is -2.22. The van der Waals surface area contributed by atoms with Crippen molar-refractivity contribution < 1.29 is 0 Å². The Kier molecular flexibility index (Phi) is 5.34. The van der Waals surface area contributed by atoms with Crippen LogP contribution in [-0.2, 0) is 13.1 Å². The van der Waals surface area contributed by atoms with Crippen LogP contribution in [0.2, 0.25) is 0 Å². The van der Waals surface area contributed by atoms with E-state index < -0.39 is 0 Å². The van der Waals surface area contributed by atoms with E-state index in [1.807, 2.05) is 12.3 Å². The van der Waals surface area contributed by atoms with Gasteiger partial charge >= 0.3 is 0 Å². The molecule has 0 radical (unpaired) electrons. The topological polar surface area (TPSA) is 28.2 Å². The fourth-order valence-corrected chi connectivity index (χ4v) is 2.27. The number of hydrogen-bond donors (Lipinski definition) is 1. The Hall–Kier alpha value is -1.87. The molecule has 1 N–H and O–H groups in total.